The maximum Gasteiger partial charge on any atom is 0.469 e. The van der Waals surface area contributed by atoms with Crippen molar-refractivity contribution in [1.82, 2.24) is 0 Å². The van der Waals surface area contributed by atoms with Gasteiger partial charge in [-0.05, 0) is 44.9 Å². The highest BCUT2D eigenvalue weighted by atomic mass is 31.2. The molecule has 0 aliphatic carbocycles. The van der Waals surface area contributed by atoms with Crippen LogP contribution < -0.4 is 0 Å². The Balaban J connectivity index is 3.89. The van der Waals surface area contributed by atoms with Crippen molar-refractivity contribution in [3.63, 3.8) is 0 Å². The number of ether oxygens (including phenoxy) is 2. The Morgan fingerprint density at radius 1 is 0.500 bits per heavy atom. The molecule has 294 valence electrons. The fourth-order valence-electron chi connectivity index (χ4n) is 5.86. The molecule has 0 saturated heterocycles. The van der Waals surface area contributed by atoms with Gasteiger partial charge in [-0.25, -0.2) is 4.57 Å². The van der Waals surface area contributed by atoms with E-state index in [9.17, 15) is 14.2 Å². The normalized spacial score (nSPS) is 12.6. The number of rotatable bonds is 38. The molecule has 0 bridgehead atoms. The molecule has 0 unspecified atom stereocenters. The van der Waals surface area contributed by atoms with Crippen molar-refractivity contribution in [3.05, 3.63) is 24.3 Å². The van der Waals surface area contributed by atoms with Crippen molar-refractivity contribution in [2.75, 3.05) is 13.2 Å². The molecule has 0 aliphatic heterocycles. The van der Waals surface area contributed by atoms with Gasteiger partial charge in [0.05, 0.1) is 6.61 Å². The Kier molecular flexibility index (Phi) is 36.2. The van der Waals surface area contributed by atoms with Crippen LogP contribution in [0.4, 0.5) is 0 Å². The predicted octanol–water partition coefficient (Wildman–Crippen LogP) is 12.4. The van der Waals surface area contributed by atoms with E-state index in [0.717, 1.165) is 44.9 Å². The van der Waals surface area contributed by atoms with Crippen molar-refractivity contribution < 1.29 is 37.9 Å². The van der Waals surface area contributed by atoms with Gasteiger partial charge in [0.15, 0.2) is 6.10 Å². The number of phosphoric acid groups is 1. The van der Waals surface area contributed by atoms with Gasteiger partial charge in [0, 0.05) is 12.8 Å². The van der Waals surface area contributed by atoms with Gasteiger partial charge in [-0.3, -0.25) is 14.1 Å². The highest BCUT2D eigenvalue weighted by Gasteiger charge is 2.22. The Bertz CT molecular complexity index is 869. The molecule has 0 rings (SSSR count). The Labute approximate surface area is 307 Å². The topological polar surface area (TPSA) is 119 Å². The van der Waals surface area contributed by atoms with Crippen LogP contribution in [0, 0.1) is 0 Å². The molecule has 0 radical (unpaired) electrons. The largest absolute Gasteiger partial charge is 0.469 e. The van der Waals surface area contributed by atoms with Gasteiger partial charge in [0.1, 0.15) is 6.61 Å². The van der Waals surface area contributed by atoms with Gasteiger partial charge in [-0.15, -0.1) is 0 Å². The zero-order chi connectivity index (χ0) is 36.8. The molecule has 0 saturated carbocycles. The van der Waals surface area contributed by atoms with Crippen LogP contribution in [0.25, 0.3) is 0 Å². The highest BCUT2D eigenvalue weighted by Crippen LogP contribution is 2.36. The summed E-state index contributed by atoms with van der Waals surface area (Å²) in [6.07, 6.45) is 42.2. The Morgan fingerprint density at radius 3 is 1.34 bits per heavy atom. The monoisotopic (exact) mass is 729 g/mol. The van der Waals surface area contributed by atoms with E-state index in [-0.39, 0.29) is 19.4 Å². The first-order chi connectivity index (χ1) is 24.3. The molecule has 0 aromatic carbocycles. The van der Waals surface area contributed by atoms with Crippen LogP contribution in [0.2, 0.25) is 0 Å². The predicted molar refractivity (Wildman–Crippen MR) is 207 cm³/mol. The third-order valence-electron chi connectivity index (χ3n) is 8.95. The van der Waals surface area contributed by atoms with Crippen molar-refractivity contribution in [1.29, 1.82) is 0 Å². The third kappa shape index (κ3) is 39.3. The number of unbranched alkanes of at least 4 members (excludes halogenated alkanes) is 24. The van der Waals surface area contributed by atoms with Crippen LogP contribution in [0.3, 0.4) is 0 Å². The molecule has 0 aliphatic rings. The van der Waals surface area contributed by atoms with Crippen LogP contribution in [0.5, 0.6) is 0 Å². The molecule has 0 spiro atoms. The van der Waals surface area contributed by atoms with Crippen molar-refractivity contribution in [2.24, 2.45) is 0 Å². The van der Waals surface area contributed by atoms with E-state index in [2.05, 4.69) is 42.7 Å². The van der Waals surface area contributed by atoms with Gasteiger partial charge in [0.25, 0.3) is 0 Å². The van der Waals surface area contributed by atoms with E-state index >= 15 is 0 Å². The Morgan fingerprint density at radius 2 is 0.880 bits per heavy atom. The lowest BCUT2D eigenvalue weighted by Crippen LogP contribution is -2.29. The van der Waals surface area contributed by atoms with E-state index in [0.29, 0.717) is 6.42 Å². The molecule has 1 atom stereocenters. The first-order valence-corrected chi connectivity index (χ1v) is 22.2. The quantitative estimate of drug-likeness (QED) is 0.0279. The molecule has 0 fully saturated rings. The number of carbonyl (C=O) groups excluding carboxylic acids is 2. The second-order valence-corrected chi connectivity index (χ2v) is 15.2. The van der Waals surface area contributed by atoms with Gasteiger partial charge in [0.2, 0.25) is 0 Å². The van der Waals surface area contributed by atoms with E-state index in [4.69, 9.17) is 19.3 Å². The summed E-state index contributed by atoms with van der Waals surface area (Å²) >= 11 is 0. The average Bonchev–Trinajstić information content (AvgIpc) is 3.08. The van der Waals surface area contributed by atoms with E-state index < -0.39 is 32.5 Å². The van der Waals surface area contributed by atoms with Gasteiger partial charge < -0.3 is 19.3 Å². The summed E-state index contributed by atoms with van der Waals surface area (Å²) in [5.41, 5.74) is 0. The van der Waals surface area contributed by atoms with Gasteiger partial charge in [-0.1, -0.05) is 173 Å². The summed E-state index contributed by atoms with van der Waals surface area (Å²) < 4.78 is 26.2. The first kappa shape index (κ1) is 48.5. The number of hydrogen-bond donors (Lipinski definition) is 2. The highest BCUT2D eigenvalue weighted by molar-refractivity contribution is 7.46. The number of esters is 2. The van der Waals surface area contributed by atoms with E-state index in [1.54, 1.807) is 0 Å². The smallest absolute Gasteiger partial charge is 0.462 e. The molecule has 9 heteroatoms. The number of carbonyl (C=O) groups is 2. The number of phosphoric ester groups is 1. The summed E-state index contributed by atoms with van der Waals surface area (Å²) in [4.78, 5) is 42.6. The standard InChI is InChI=1S/C41H77O8P/c1-3-5-7-9-11-13-14-15-16-17-18-19-20-21-22-23-24-25-26-28-30-32-34-36-41(43)49-39(38-48-50(44,45)46)37-47-40(42)35-33-31-29-27-12-10-8-6-4-2/h23-24,28,30,39H,3-22,25-27,29,31-38H2,1-2H3,(H2,44,45,46)/b24-23+,30-28+/t39-/m1/s1. The van der Waals surface area contributed by atoms with Gasteiger partial charge in [-0.2, -0.15) is 0 Å². The molecular weight excluding hydrogens is 651 g/mol. The lowest BCUT2D eigenvalue weighted by molar-refractivity contribution is -0.161. The fourth-order valence-corrected chi connectivity index (χ4v) is 6.22. The van der Waals surface area contributed by atoms with Crippen LogP contribution in [-0.4, -0.2) is 41.0 Å². The van der Waals surface area contributed by atoms with Crippen LogP contribution >= 0.6 is 7.82 Å². The van der Waals surface area contributed by atoms with Crippen molar-refractivity contribution >= 4 is 19.8 Å². The molecule has 2 N–H and O–H groups in total. The minimum absolute atomic E-state index is 0.155. The molecule has 0 amide bonds. The van der Waals surface area contributed by atoms with Crippen molar-refractivity contribution in [3.8, 4) is 0 Å². The van der Waals surface area contributed by atoms with Crippen LogP contribution in [-0.2, 0) is 28.2 Å². The van der Waals surface area contributed by atoms with E-state index in [1.807, 2.05) is 0 Å². The average molecular weight is 729 g/mol. The summed E-state index contributed by atoms with van der Waals surface area (Å²) in [7, 11) is -4.75. The van der Waals surface area contributed by atoms with Crippen LogP contribution in [0.15, 0.2) is 24.3 Å². The summed E-state index contributed by atoms with van der Waals surface area (Å²) in [5, 5.41) is 0. The summed E-state index contributed by atoms with van der Waals surface area (Å²) in [6, 6.07) is 0. The molecule has 50 heavy (non-hydrogen) atoms. The number of allylic oxidation sites excluding steroid dienone is 4. The minimum atomic E-state index is -4.75. The molecular formula is C41H77O8P. The lowest BCUT2D eigenvalue weighted by Gasteiger charge is -2.18. The Hall–Kier alpha value is -1.47. The minimum Gasteiger partial charge on any atom is -0.462 e. The van der Waals surface area contributed by atoms with E-state index in [1.165, 1.54) is 128 Å². The molecule has 8 nitrogen and oxygen atoms in total. The molecule has 0 aromatic rings. The van der Waals surface area contributed by atoms with Crippen LogP contribution in [0.1, 0.15) is 206 Å². The molecule has 0 heterocycles. The lowest BCUT2D eigenvalue weighted by atomic mass is 10.0. The maximum atomic E-state index is 12.3. The third-order valence-corrected chi connectivity index (χ3v) is 9.44. The maximum absolute atomic E-state index is 12.3. The summed E-state index contributed by atoms with van der Waals surface area (Å²) in [5.74, 6) is -0.931. The zero-order valence-corrected chi connectivity index (χ0v) is 33.2. The van der Waals surface area contributed by atoms with Gasteiger partial charge >= 0.3 is 19.8 Å². The van der Waals surface area contributed by atoms with Crippen molar-refractivity contribution in [2.45, 2.75) is 213 Å². The second kappa shape index (κ2) is 37.3. The zero-order valence-electron chi connectivity index (χ0n) is 32.3. The summed E-state index contributed by atoms with van der Waals surface area (Å²) in [6.45, 7) is 3.64. The fraction of sp³-hybridized carbons (Fsp3) is 0.854. The number of hydrogen-bond acceptors (Lipinski definition) is 6. The molecule has 0 aromatic heterocycles. The second-order valence-electron chi connectivity index (χ2n) is 14.0. The first-order valence-electron chi connectivity index (χ1n) is 20.6. The SMILES string of the molecule is CCCCCCCCCCCCCCCC/C=C/CC/C=C/CCCC(=O)O[C@H](COC(=O)CCCCCCCCCCC)COP(=O)(O)O.